The lowest BCUT2D eigenvalue weighted by molar-refractivity contribution is -0.125. The fourth-order valence-electron chi connectivity index (χ4n) is 4.30. The molecule has 0 unspecified atom stereocenters. The van der Waals surface area contributed by atoms with Crippen LogP contribution in [0.4, 0.5) is 0 Å². The Balaban J connectivity index is 1.40. The molecule has 1 fully saturated rings. The van der Waals surface area contributed by atoms with Crippen LogP contribution in [-0.2, 0) is 11.3 Å². The zero-order valence-electron chi connectivity index (χ0n) is 17.3. The van der Waals surface area contributed by atoms with E-state index in [2.05, 4.69) is 27.3 Å². The van der Waals surface area contributed by atoms with Gasteiger partial charge < -0.3 is 15.2 Å². The van der Waals surface area contributed by atoms with Gasteiger partial charge in [0.2, 0.25) is 5.91 Å². The van der Waals surface area contributed by atoms with E-state index in [4.69, 9.17) is 0 Å². The van der Waals surface area contributed by atoms with Gasteiger partial charge in [0.1, 0.15) is 5.69 Å². The molecule has 4 rings (SSSR count). The van der Waals surface area contributed by atoms with Crippen LogP contribution >= 0.6 is 0 Å². The van der Waals surface area contributed by atoms with Gasteiger partial charge in [-0.05, 0) is 30.5 Å². The minimum atomic E-state index is -0.117. The Hall–Kier alpha value is -3.08. The first-order valence-electron chi connectivity index (χ1n) is 10.9. The van der Waals surface area contributed by atoms with Crippen molar-refractivity contribution in [1.29, 1.82) is 0 Å². The third kappa shape index (κ3) is 4.73. The van der Waals surface area contributed by atoms with Gasteiger partial charge in [0.25, 0.3) is 5.91 Å². The van der Waals surface area contributed by atoms with E-state index in [1.807, 2.05) is 48.5 Å². The van der Waals surface area contributed by atoms with Crippen LogP contribution in [0.1, 0.15) is 48.2 Å². The van der Waals surface area contributed by atoms with E-state index in [-0.39, 0.29) is 17.7 Å². The first kappa shape index (κ1) is 20.2. The molecule has 30 heavy (non-hydrogen) atoms. The smallest absolute Gasteiger partial charge is 0.268 e. The van der Waals surface area contributed by atoms with Crippen LogP contribution in [0, 0.1) is 5.92 Å². The summed E-state index contributed by atoms with van der Waals surface area (Å²) in [6.45, 7) is 1.51. The highest BCUT2D eigenvalue weighted by atomic mass is 16.2. The molecule has 2 N–H and O–H groups in total. The van der Waals surface area contributed by atoms with Crippen molar-refractivity contribution in [1.82, 2.24) is 15.2 Å². The highest BCUT2D eigenvalue weighted by molar-refractivity contribution is 5.98. The van der Waals surface area contributed by atoms with E-state index < -0.39 is 0 Å². The van der Waals surface area contributed by atoms with Gasteiger partial charge in [0.05, 0.1) is 0 Å². The highest BCUT2D eigenvalue weighted by Gasteiger charge is 2.20. The maximum Gasteiger partial charge on any atom is 0.268 e. The summed E-state index contributed by atoms with van der Waals surface area (Å²) >= 11 is 0. The summed E-state index contributed by atoms with van der Waals surface area (Å²) in [5.41, 5.74) is 2.82. The number of para-hydroxylation sites is 1. The van der Waals surface area contributed by atoms with Crippen molar-refractivity contribution in [3.05, 3.63) is 71.9 Å². The molecular weight excluding hydrogens is 374 g/mol. The second kappa shape index (κ2) is 9.61. The zero-order valence-corrected chi connectivity index (χ0v) is 17.3. The molecule has 5 nitrogen and oxygen atoms in total. The lowest BCUT2D eigenvalue weighted by Crippen LogP contribution is -2.38. The van der Waals surface area contributed by atoms with Crippen molar-refractivity contribution in [2.45, 2.75) is 38.6 Å². The Morgan fingerprint density at radius 2 is 1.57 bits per heavy atom. The first-order valence-corrected chi connectivity index (χ1v) is 10.9. The van der Waals surface area contributed by atoms with Crippen LogP contribution < -0.4 is 10.6 Å². The summed E-state index contributed by atoms with van der Waals surface area (Å²) in [5, 5.41) is 7.00. The molecule has 1 saturated carbocycles. The van der Waals surface area contributed by atoms with E-state index >= 15 is 0 Å². The Morgan fingerprint density at radius 3 is 2.37 bits per heavy atom. The molecule has 1 aliphatic carbocycles. The second-order valence-electron chi connectivity index (χ2n) is 8.04. The van der Waals surface area contributed by atoms with Crippen LogP contribution in [0.15, 0.2) is 60.7 Å². The standard InChI is InChI=1S/C25H29N3O2/c29-24(20-11-5-2-6-12-20)26-15-16-27-25(30)23-17-21-13-7-8-14-22(21)28(23)18-19-9-3-1-4-10-19/h1,3-4,7-10,13-14,17,20H,2,5-6,11-12,15-16,18H2,(H,26,29)(H,27,30). The normalized spacial score (nSPS) is 14.5. The van der Waals surface area contributed by atoms with Gasteiger partial charge in [0, 0.05) is 36.5 Å². The van der Waals surface area contributed by atoms with Gasteiger partial charge in [0.15, 0.2) is 0 Å². The highest BCUT2D eigenvalue weighted by Crippen LogP contribution is 2.23. The SMILES string of the molecule is O=C(NCCNC(=O)C1CCCCC1)c1cc2ccccc2n1Cc1ccccc1. The Labute approximate surface area is 177 Å². The van der Waals surface area contributed by atoms with Gasteiger partial charge in [-0.2, -0.15) is 0 Å². The lowest BCUT2D eigenvalue weighted by Gasteiger charge is -2.20. The lowest BCUT2D eigenvalue weighted by atomic mass is 9.89. The molecule has 0 radical (unpaired) electrons. The second-order valence-corrected chi connectivity index (χ2v) is 8.04. The Kier molecular flexibility index (Phi) is 6.47. The third-order valence-corrected chi connectivity index (χ3v) is 5.91. The molecule has 3 aromatic rings. The van der Waals surface area contributed by atoms with Crippen LogP contribution in [0.3, 0.4) is 0 Å². The molecule has 1 aliphatic rings. The van der Waals surface area contributed by atoms with Crippen molar-refractivity contribution < 1.29 is 9.59 Å². The molecule has 0 spiro atoms. The molecule has 0 aliphatic heterocycles. The number of hydrogen-bond acceptors (Lipinski definition) is 2. The maximum atomic E-state index is 12.9. The monoisotopic (exact) mass is 403 g/mol. The molecule has 2 aromatic carbocycles. The van der Waals surface area contributed by atoms with Crippen LogP contribution in [-0.4, -0.2) is 29.5 Å². The van der Waals surface area contributed by atoms with Crippen molar-refractivity contribution in [2.24, 2.45) is 5.92 Å². The number of hydrogen-bond donors (Lipinski definition) is 2. The number of rotatable bonds is 7. The van der Waals surface area contributed by atoms with Crippen molar-refractivity contribution in [3.8, 4) is 0 Å². The van der Waals surface area contributed by atoms with E-state index in [0.717, 1.165) is 42.1 Å². The first-order chi connectivity index (χ1) is 14.7. The largest absolute Gasteiger partial charge is 0.354 e. The zero-order chi connectivity index (χ0) is 20.8. The molecule has 1 heterocycles. The average Bonchev–Trinajstić information content (AvgIpc) is 3.16. The van der Waals surface area contributed by atoms with E-state index in [0.29, 0.717) is 25.3 Å². The molecular formula is C25H29N3O2. The van der Waals surface area contributed by atoms with Gasteiger partial charge in [-0.1, -0.05) is 67.8 Å². The Bertz CT molecular complexity index is 1000. The van der Waals surface area contributed by atoms with E-state index in [1.54, 1.807) is 0 Å². The fourth-order valence-corrected chi connectivity index (χ4v) is 4.30. The number of carbonyl (C=O) groups excluding carboxylic acids is 2. The summed E-state index contributed by atoms with van der Waals surface area (Å²) in [5.74, 6) is 0.152. The molecule has 0 bridgehead atoms. The molecule has 0 atom stereocenters. The van der Waals surface area contributed by atoms with Crippen LogP contribution in [0.2, 0.25) is 0 Å². The summed E-state index contributed by atoms with van der Waals surface area (Å²) in [6.07, 6.45) is 5.48. The summed E-state index contributed by atoms with van der Waals surface area (Å²) < 4.78 is 2.06. The van der Waals surface area contributed by atoms with Gasteiger partial charge in [-0.25, -0.2) is 0 Å². The van der Waals surface area contributed by atoms with Crippen molar-refractivity contribution in [2.75, 3.05) is 13.1 Å². The average molecular weight is 404 g/mol. The molecule has 0 saturated heterocycles. The number of benzene rings is 2. The predicted octanol–water partition coefficient (Wildman–Crippen LogP) is 4.12. The number of carbonyl (C=O) groups is 2. The number of nitrogens with zero attached hydrogens (tertiary/aromatic N) is 1. The third-order valence-electron chi connectivity index (χ3n) is 5.91. The quantitative estimate of drug-likeness (QED) is 0.583. The van der Waals surface area contributed by atoms with Crippen LogP contribution in [0.25, 0.3) is 10.9 Å². The molecule has 156 valence electrons. The maximum absolute atomic E-state index is 12.9. The van der Waals surface area contributed by atoms with Gasteiger partial charge in [-0.3, -0.25) is 9.59 Å². The van der Waals surface area contributed by atoms with Gasteiger partial charge in [-0.15, -0.1) is 0 Å². The molecule has 5 heteroatoms. The topological polar surface area (TPSA) is 63.1 Å². The van der Waals surface area contributed by atoms with Crippen molar-refractivity contribution in [3.63, 3.8) is 0 Å². The number of amides is 2. The van der Waals surface area contributed by atoms with Crippen LogP contribution in [0.5, 0.6) is 0 Å². The van der Waals surface area contributed by atoms with E-state index in [1.165, 1.54) is 6.42 Å². The summed E-state index contributed by atoms with van der Waals surface area (Å²) in [7, 11) is 0. The summed E-state index contributed by atoms with van der Waals surface area (Å²) in [4.78, 5) is 25.2. The number of fused-ring (bicyclic) bond motifs is 1. The Morgan fingerprint density at radius 1 is 0.867 bits per heavy atom. The summed E-state index contributed by atoms with van der Waals surface area (Å²) in [6, 6.07) is 20.1. The fraction of sp³-hybridized carbons (Fsp3) is 0.360. The predicted molar refractivity (Wildman–Crippen MR) is 119 cm³/mol. The van der Waals surface area contributed by atoms with Gasteiger partial charge >= 0.3 is 0 Å². The minimum Gasteiger partial charge on any atom is -0.354 e. The molecule has 1 aromatic heterocycles. The number of aromatic nitrogens is 1. The minimum absolute atomic E-state index is 0.117. The van der Waals surface area contributed by atoms with E-state index in [9.17, 15) is 9.59 Å². The number of nitrogens with one attached hydrogen (secondary N) is 2. The van der Waals surface area contributed by atoms with Crippen molar-refractivity contribution >= 4 is 22.7 Å². The molecule has 2 amide bonds.